The fraction of sp³-hybridized carbons (Fsp3) is 0. The Labute approximate surface area is 474 Å². The summed E-state index contributed by atoms with van der Waals surface area (Å²) in [5.41, 5.74) is 20.3. The fourth-order valence-electron chi connectivity index (χ4n) is 13.2. The van der Waals surface area contributed by atoms with Gasteiger partial charge in [-0.1, -0.05) is 164 Å². The number of hydrogen-bond donors (Lipinski definition) is 0. The molecule has 0 saturated heterocycles. The van der Waals surface area contributed by atoms with Crippen molar-refractivity contribution >= 4 is 109 Å². The first-order chi connectivity index (χ1) is 41.1. The normalized spacial score (nSPS) is 12.1. The zero-order valence-corrected chi connectivity index (χ0v) is 44.5. The van der Waals surface area contributed by atoms with Gasteiger partial charge in [-0.05, 0) is 131 Å². The van der Waals surface area contributed by atoms with Gasteiger partial charge in [-0.15, -0.1) is 0 Å². The largest absolute Gasteiger partial charge is 0.456 e. The van der Waals surface area contributed by atoms with Crippen LogP contribution in [0.2, 0.25) is 0 Å². The van der Waals surface area contributed by atoms with Crippen LogP contribution in [0.3, 0.4) is 0 Å². The van der Waals surface area contributed by atoms with Gasteiger partial charge in [0.05, 0.1) is 44.5 Å². The third-order valence-electron chi connectivity index (χ3n) is 17.0. The van der Waals surface area contributed by atoms with Crippen LogP contribution in [-0.2, 0) is 0 Å². The highest BCUT2D eigenvalue weighted by Crippen LogP contribution is 2.45. The van der Waals surface area contributed by atoms with Gasteiger partial charge in [-0.25, -0.2) is 9.97 Å². The average Bonchev–Trinajstić information content (AvgIpc) is 3.36. The van der Waals surface area contributed by atoms with E-state index in [1.165, 1.54) is 5.39 Å². The van der Waals surface area contributed by atoms with Gasteiger partial charge in [0.25, 0.3) is 0 Å². The minimum atomic E-state index is 0.607. The van der Waals surface area contributed by atoms with Gasteiger partial charge in [0.1, 0.15) is 16.7 Å². The van der Waals surface area contributed by atoms with Gasteiger partial charge < -0.3 is 18.0 Å². The molecule has 18 rings (SSSR count). The smallest absolute Gasteiger partial charge is 0.235 e. The topological polar surface area (TPSA) is 66.8 Å². The minimum absolute atomic E-state index is 0.607. The summed E-state index contributed by atoms with van der Waals surface area (Å²) >= 11 is 0. The summed E-state index contributed by atoms with van der Waals surface area (Å²) in [5, 5.41) is 11.2. The summed E-state index contributed by atoms with van der Waals surface area (Å²) in [6, 6.07) is 97.3. The van der Waals surface area contributed by atoms with Crippen molar-refractivity contribution in [1.82, 2.24) is 23.7 Å². The Morgan fingerprint density at radius 3 is 1.30 bits per heavy atom. The molecule has 83 heavy (non-hydrogen) atoms. The van der Waals surface area contributed by atoms with Crippen LogP contribution in [0.4, 0.5) is 0 Å². The Morgan fingerprint density at radius 1 is 0.241 bits per heavy atom. The summed E-state index contributed by atoms with van der Waals surface area (Å²) in [6.07, 6.45) is 0. The van der Waals surface area contributed by atoms with E-state index in [9.17, 15) is 0 Å². The molecule has 0 N–H and O–H groups in total. The van der Waals surface area contributed by atoms with Crippen LogP contribution in [0, 0.1) is 0 Å². The number of hydrogen-bond acceptors (Lipinski definition) is 4. The Kier molecular flexibility index (Phi) is 9.67. The molecule has 0 aliphatic rings. The number of aromatic nitrogens is 5. The summed E-state index contributed by atoms with van der Waals surface area (Å²) in [7, 11) is 0. The van der Waals surface area contributed by atoms with E-state index in [1.54, 1.807) is 0 Å². The molecular formula is C76H45N5O2. The molecule has 0 amide bonds. The maximum atomic E-state index is 6.70. The Balaban J connectivity index is 0.822. The molecule has 7 nitrogen and oxygen atoms in total. The molecule has 7 heteroatoms. The fourth-order valence-corrected chi connectivity index (χ4v) is 13.2. The molecular weight excluding hydrogens is 1010 g/mol. The number of fused-ring (bicyclic) bond motifs is 16. The third kappa shape index (κ3) is 6.92. The second-order valence-corrected chi connectivity index (χ2v) is 21.7. The molecule has 0 radical (unpaired) electrons. The number of furan rings is 2. The van der Waals surface area contributed by atoms with Crippen LogP contribution in [0.5, 0.6) is 0 Å². The van der Waals surface area contributed by atoms with E-state index in [0.717, 1.165) is 160 Å². The number of para-hydroxylation sites is 4. The molecule has 0 unspecified atom stereocenters. The maximum Gasteiger partial charge on any atom is 0.235 e. The van der Waals surface area contributed by atoms with E-state index < -0.39 is 0 Å². The van der Waals surface area contributed by atoms with E-state index in [-0.39, 0.29) is 0 Å². The lowest BCUT2D eigenvalue weighted by Gasteiger charge is -2.12. The molecule has 0 spiro atoms. The van der Waals surface area contributed by atoms with Crippen molar-refractivity contribution in [3.63, 3.8) is 0 Å². The molecule has 0 aliphatic carbocycles. The lowest BCUT2D eigenvalue weighted by Crippen LogP contribution is -2.04. The quantitative estimate of drug-likeness (QED) is 0.159. The standard InChI is InChI=1S/C76H45N5O2/c1-5-17-46(18-6-1)64-45-65(47-19-7-2-8-20-47)78-76(77-64)81-68-36-30-49(40-59(68)61-44-69-60(43-70(61)81)54-25-13-15-27-66(54)79(69)52-21-9-3-10-22-52)51-32-38-73-63(42-51)62-41-50(31-37-72(62)82-73)48-29-35-67-58(39-48)56-33-34-57-55-26-14-16-28-71(55)83-75(57)74(56)80(67)53-23-11-4-12-24-53/h1-45H. The summed E-state index contributed by atoms with van der Waals surface area (Å²) in [4.78, 5) is 10.9. The highest BCUT2D eigenvalue weighted by molar-refractivity contribution is 6.23. The van der Waals surface area contributed by atoms with Crippen LogP contribution < -0.4 is 0 Å². The van der Waals surface area contributed by atoms with Crippen molar-refractivity contribution in [2.75, 3.05) is 0 Å². The first kappa shape index (κ1) is 45.6. The predicted octanol–water partition coefficient (Wildman–Crippen LogP) is 20.2. The zero-order chi connectivity index (χ0) is 54.3. The van der Waals surface area contributed by atoms with Gasteiger partial charge in [-0.2, -0.15) is 0 Å². The second-order valence-electron chi connectivity index (χ2n) is 21.7. The Morgan fingerprint density at radius 2 is 0.675 bits per heavy atom. The Bertz CT molecular complexity index is 5610. The SMILES string of the molecule is c1ccc(-c2cc(-c3ccccc3)nc(-n3c4ccc(-c5ccc6oc7ccc(-c8ccc9c(c8)c8ccc%10c%11ccccc%11oc%10c8n9-c8ccccc8)cc7c6c5)cc4c4cc5c(cc43)c3ccccc3n5-c3ccccc3)n2)cc1. The monoisotopic (exact) mass is 1060 g/mol. The predicted molar refractivity (Wildman–Crippen MR) is 341 cm³/mol. The van der Waals surface area contributed by atoms with Crippen LogP contribution in [-0.4, -0.2) is 23.7 Å². The first-order valence-electron chi connectivity index (χ1n) is 28.1. The number of nitrogens with zero attached hydrogens (tertiary/aromatic N) is 5. The summed E-state index contributed by atoms with van der Waals surface area (Å²) < 4.78 is 20.3. The van der Waals surface area contributed by atoms with E-state index >= 15 is 0 Å². The van der Waals surface area contributed by atoms with Gasteiger partial charge in [-0.3, -0.25) is 4.57 Å². The average molecular weight is 1060 g/mol. The summed E-state index contributed by atoms with van der Waals surface area (Å²) in [5.74, 6) is 0.607. The van der Waals surface area contributed by atoms with Gasteiger partial charge in [0.15, 0.2) is 5.58 Å². The molecule has 0 bridgehead atoms. The zero-order valence-electron chi connectivity index (χ0n) is 44.5. The second kappa shape index (κ2) is 17.6. The highest BCUT2D eigenvalue weighted by atomic mass is 16.3. The van der Waals surface area contributed by atoms with E-state index in [2.05, 4.69) is 268 Å². The Hall–Kier alpha value is -11.3. The number of rotatable bonds is 7. The lowest BCUT2D eigenvalue weighted by atomic mass is 9.98. The van der Waals surface area contributed by atoms with Crippen LogP contribution in [0.15, 0.2) is 282 Å². The molecule has 0 saturated carbocycles. The van der Waals surface area contributed by atoms with E-state index in [4.69, 9.17) is 18.8 Å². The molecule has 0 atom stereocenters. The maximum absolute atomic E-state index is 6.70. The minimum Gasteiger partial charge on any atom is -0.456 e. The van der Waals surface area contributed by atoms with Crippen molar-refractivity contribution in [2.24, 2.45) is 0 Å². The van der Waals surface area contributed by atoms with Crippen LogP contribution in [0.25, 0.3) is 171 Å². The van der Waals surface area contributed by atoms with E-state index in [0.29, 0.717) is 5.95 Å². The van der Waals surface area contributed by atoms with Crippen molar-refractivity contribution in [3.8, 4) is 62.1 Å². The van der Waals surface area contributed by atoms with Crippen molar-refractivity contribution in [1.29, 1.82) is 0 Å². The molecule has 6 heterocycles. The number of benzene rings is 12. The van der Waals surface area contributed by atoms with Gasteiger partial charge in [0.2, 0.25) is 5.95 Å². The summed E-state index contributed by atoms with van der Waals surface area (Å²) in [6.45, 7) is 0. The van der Waals surface area contributed by atoms with Crippen molar-refractivity contribution in [3.05, 3.63) is 273 Å². The van der Waals surface area contributed by atoms with Crippen LogP contribution in [0.1, 0.15) is 0 Å². The molecule has 386 valence electrons. The molecule has 0 aliphatic heterocycles. The third-order valence-corrected chi connectivity index (χ3v) is 17.0. The van der Waals surface area contributed by atoms with Crippen molar-refractivity contribution in [2.45, 2.75) is 0 Å². The van der Waals surface area contributed by atoms with Crippen molar-refractivity contribution < 1.29 is 8.83 Å². The van der Waals surface area contributed by atoms with E-state index in [1.807, 2.05) is 18.2 Å². The van der Waals surface area contributed by atoms with Gasteiger partial charge in [0, 0.05) is 76.4 Å². The van der Waals surface area contributed by atoms with Gasteiger partial charge >= 0.3 is 0 Å². The lowest BCUT2D eigenvalue weighted by molar-refractivity contribution is 0.669. The highest BCUT2D eigenvalue weighted by Gasteiger charge is 2.24. The molecule has 12 aromatic carbocycles. The molecule has 0 fully saturated rings. The van der Waals surface area contributed by atoms with Crippen LogP contribution >= 0.6 is 0 Å². The first-order valence-corrected chi connectivity index (χ1v) is 28.1. The molecule has 18 aromatic rings. The molecule has 6 aromatic heterocycles.